The normalized spacial score (nSPS) is 17.0. The fraction of sp³-hybridized carbons (Fsp3) is 0.438. The van der Waals surface area contributed by atoms with E-state index in [1.54, 1.807) is 6.92 Å². The van der Waals surface area contributed by atoms with Crippen LogP contribution in [0.2, 0.25) is 0 Å². The predicted molar refractivity (Wildman–Crippen MR) is 77.6 cm³/mol. The minimum atomic E-state index is -0.790. The smallest absolute Gasteiger partial charge is 0.252 e. The standard InChI is InChI=1S/C16H17F2N3O2/c1-10-19-15(23-21-10)16(5-3-2-4-6-16)20-14(22)11-7-12(17)9-13(18)8-11/h7-9H,2-6H2,1H3,(H,20,22). The summed E-state index contributed by atoms with van der Waals surface area (Å²) in [4.78, 5) is 16.7. The molecule has 0 saturated heterocycles. The van der Waals surface area contributed by atoms with Crippen molar-refractivity contribution >= 4 is 5.91 Å². The predicted octanol–water partition coefficient (Wildman–Crippen LogP) is 3.25. The number of halogens is 2. The Kier molecular flexibility index (Phi) is 4.11. The van der Waals surface area contributed by atoms with Crippen molar-refractivity contribution in [1.82, 2.24) is 15.5 Å². The van der Waals surface area contributed by atoms with Crippen molar-refractivity contribution in [3.05, 3.63) is 47.1 Å². The van der Waals surface area contributed by atoms with Gasteiger partial charge in [-0.25, -0.2) is 8.78 Å². The zero-order valence-electron chi connectivity index (χ0n) is 12.7. The first-order valence-electron chi connectivity index (χ1n) is 7.58. The van der Waals surface area contributed by atoms with Crippen molar-refractivity contribution in [2.45, 2.75) is 44.6 Å². The molecular weight excluding hydrogens is 304 g/mol. The van der Waals surface area contributed by atoms with Gasteiger partial charge in [0.15, 0.2) is 5.82 Å². The number of carbonyl (C=O) groups is 1. The molecule has 1 aromatic heterocycles. The third-order valence-electron chi connectivity index (χ3n) is 4.12. The highest BCUT2D eigenvalue weighted by molar-refractivity contribution is 5.94. The minimum Gasteiger partial charge on any atom is -0.338 e. The van der Waals surface area contributed by atoms with Gasteiger partial charge in [-0.2, -0.15) is 4.98 Å². The van der Waals surface area contributed by atoms with E-state index in [2.05, 4.69) is 15.5 Å². The number of carbonyl (C=O) groups excluding carboxylic acids is 1. The fourth-order valence-electron chi connectivity index (χ4n) is 3.01. The third kappa shape index (κ3) is 3.23. The van der Waals surface area contributed by atoms with E-state index in [9.17, 15) is 13.6 Å². The molecule has 0 bridgehead atoms. The molecule has 0 unspecified atom stereocenters. The molecule has 0 aliphatic heterocycles. The van der Waals surface area contributed by atoms with E-state index in [4.69, 9.17) is 4.52 Å². The number of amides is 1. The fourth-order valence-corrected chi connectivity index (χ4v) is 3.01. The van der Waals surface area contributed by atoms with Gasteiger partial charge in [0.2, 0.25) is 0 Å². The molecule has 0 radical (unpaired) electrons. The van der Waals surface area contributed by atoms with Crippen LogP contribution in [0.25, 0.3) is 0 Å². The lowest BCUT2D eigenvalue weighted by atomic mass is 9.81. The average molecular weight is 321 g/mol. The van der Waals surface area contributed by atoms with Crippen LogP contribution in [0.1, 0.15) is 54.2 Å². The van der Waals surface area contributed by atoms with Gasteiger partial charge in [0.05, 0.1) is 0 Å². The van der Waals surface area contributed by atoms with Gasteiger partial charge < -0.3 is 9.84 Å². The Morgan fingerprint density at radius 1 is 1.17 bits per heavy atom. The first-order chi connectivity index (χ1) is 11.0. The molecule has 1 saturated carbocycles. The van der Waals surface area contributed by atoms with Crippen LogP contribution in [0.3, 0.4) is 0 Å². The number of benzene rings is 1. The van der Waals surface area contributed by atoms with Gasteiger partial charge in [0.25, 0.3) is 11.8 Å². The van der Waals surface area contributed by atoms with Crippen LogP contribution in [0.15, 0.2) is 22.7 Å². The van der Waals surface area contributed by atoms with Crippen LogP contribution in [-0.2, 0) is 5.54 Å². The second-order valence-electron chi connectivity index (χ2n) is 5.90. The molecule has 1 N–H and O–H groups in total. The highest BCUT2D eigenvalue weighted by Crippen LogP contribution is 2.36. The zero-order chi connectivity index (χ0) is 16.4. The maximum absolute atomic E-state index is 13.3. The monoisotopic (exact) mass is 321 g/mol. The number of nitrogens with one attached hydrogen (secondary N) is 1. The molecule has 1 amide bonds. The first kappa shape index (κ1) is 15.6. The Morgan fingerprint density at radius 2 is 1.83 bits per heavy atom. The quantitative estimate of drug-likeness (QED) is 0.942. The Bertz CT molecular complexity index is 704. The second kappa shape index (κ2) is 6.06. The molecule has 3 rings (SSSR count). The summed E-state index contributed by atoms with van der Waals surface area (Å²) in [7, 11) is 0. The lowest BCUT2D eigenvalue weighted by Crippen LogP contribution is -2.47. The van der Waals surface area contributed by atoms with E-state index < -0.39 is 23.1 Å². The van der Waals surface area contributed by atoms with Gasteiger partial charge in [0.1, 0.15) is 17.2 Å². The molecular formula is C16H17F2N3O2. The molecule has 23 heavy (non-hydrogen) atoms. The number of aryl methyl sites for hydroxylation is 1. The average Bonchev–Trinajstić information content (AvgIpc) is 2.94. The van der Waals surface area contributed by atoms with E-state index >= 15 is 0 Å². The van der Waals surface area contributed by atoms with E-state index in [0.717, 1.165) is 37.5 Å². The SMILES string of the molecule is Cc1noc(C2(NC(=O)c3cc(F)cc(F)c3)CCCCC2)n1. The van der Waals surface area contributed by atoms with Crippen LogP contribution < -0.4 is 5.32 Å². The molecule has 2 aromatic rings. The lowest BCUT2D eigenvalue weighted by Gasteiger charge is -2.34. The summed E-state index contributed by atoms with van der Waals surface area (Å²) in [5.74, 6) is -1.31. The molecule has 0 atom stereocenters. The highest BCUT2D eigenvalue weighted by atomic mass is 19.1. The van der Waals surface area contributed by atoms with Crippen molar-refractivity contribution in [2.75, 3.05) is 0 Å². The highest BCUT2D eigenvalue weighted by Gasteiger charge is 2.40. The van der Waals surface area contributed by atoms with Gasteiger partial charge in [-0.05, 0) is 31.9 Å². The molecule has 1 fully saturated rings. The Labute approximate surface area is 132 Å². The van der Waals surface area contributed by atoms with Gasteiger partial charge >= 0.3 is 0 Å². The summed E-state index contributed by atoms with van der Waals surface area (Å²) in [6.45, 7) is 1.70. The zero-order valence-corrected chi connectivity index (χ0v) is 12.7. The Hall–Kier alpha value is -2.31. The number of nitrogens with zero attached hydrogens (tertiary/aromatic N) is 2. The molecule has 5 nitrogen and oxygen atoms in total. The van der Waals surface area contributed by atoms with Gasteiger partial charge in [-0.1, -0.05) is 24.4 Å². The van der Waals surface area contributed by atoms with Gasteiger partial charge in [-0.3, -0.25) is 4.79 Å². The topological polar surface area (TPSA) is 68.0 Å². The maximum atomic E-state index is 13.3. The van der Waals surface area contributed by atoms with Crippen molar-refractivity contribution in [3.63, 3.8) is 0 Å². The van der Waals surface area contributed by atoms with E-state index in [-0.39, 0.29) is 5.56 Å². The molecule has 0 spiro atoms. The minimum absolute atomic E-state index is 0.0660. The van der Waals surface area contributed by atoms with Crippen molar-refractivity contribution in [1.29, 1.82) is 0 Å². The summed E-state index contributed by atoms with van der Waals surface area (Å²) >= 11 is 0. The number of hydrogen-bond acceptors (Lipinski definition) is 4. The summed E-state index contributed by atoms with van der Waals surface area (Å²) in [5, 5.41) is 6.65. The van der Waals surface area contributed by atoms with E-state index in [0.29, 0.717) is 24.6 Å². The van der Waals surface area contributed by atoms with E-state index in [1.807, 2.05) is 0 Å². The summed E-state index contributed by atoms with van der Waals surface area (Å²) in [5.41, 5.74) is -0.844. The number of hydrogen-bond donors (Lipinski definition) is 1. The Balaban J connectivity index is 1.90. The molecule has 122 valence electrons. The van der Waals surface area contributed by atoms with Crippen molar-refractivity contribution in [3.8, 4) is 0 Å². The van der Waals surface area contributed by atoms with Crippen LogP contribution in [0, 0.1) is 18.6 Å². The second-order valence-corrected chi connectivity index (χ2v) is 5.90. The molecule has 1 aliphatic rings. The summed E-state index contributed by atoms with van der Waals surface area (Å²) < 4.78 is 31.9. The molecule has 1 aromatic carbocycles. The van der Waals surface area contributed by atoms with E-state index in [1.165, 1.54) is 0 Å². The molecule has 7 heteroatoms. The van der Waals surface area contributed by atoms with Gasteiger partial charge in [0, 0.05) is 11.6 Å². The summed E-state index contributed by atoms with van der Waals surface area (Å²) in [6.07, 6.45) is 4.16. The third-order valence-corrected chi connectivity index (χ3v) is 4.12. The number of rotatable bonds is 3. The molecule has 1 aliphatic carbocycles. The van der Waals surface area contributed by atoms with Crippen LogP contribution in [-0.4, -0.2) is 16.0 Å². The van der Waals surface area contributed by atoms with Crippen molar-refractivity contribution < 1.29 is 18.1 Å². The Morgan fingerprint density at radius 3 is 2.39 bits per heavy atom. The number of aromatic nitrogens is 2. The lowest BCUT2D eigenvalue weighted by molar-refractivity contribution is 0.0823. The van der Waals surface area contributed by atoms with Crippen LogP contribution in [0.4, 0.5) is 8.78 Å². The molecule has 1 heterocycles. The van der Waals surface area contributed by atoms with Crippen LogP contribution in [0.5, 0.6) is 0 Å². The maximum Gasteiger partial charge on any atom is 0.252 e. The first-order valence-corrected chi connectivity index (χ1v) is 7.58. The van der Waals surface area contributed by atoms with Gasteiger partial charge in [-0.15, -0.1) is 0 Å². The van der Waals surface area contributed by atoms with Crippen LogP contribution >= 0.6 is 0 Å². The van der Waals surface area contributed by atoms with Crippen molar-refractivity contribution in [2.24, 2.45) is 0 Å². The largest absolute Gasteiger partial charge is 0.338 e. The summed E-state index contributed by atoms with van der Waals surface area (Å²) in [6, 6.07) is 2.75.